The van der Waals surface area contributed by atoms with Gasteiger partial charge in [-0.15, -0.1) is 0 Å². The van der Waals surface area contributed by atoms with E-state index in [-0.39, 0.29) is 24.3 Å². The Bertz CT molecular complexity index is 1200. The SMILES string of the molecule is COCCN1CC(=O)N2CC(c3ccccc3OC)c3c([nH]c4ccccc34)C2(C)C1=O. The Labute approximate surface area is 186 Å². The average Bonchev–Trinajstić information content (AvgIpc) is 3.21. The minimum Gasteiger partial charge on any atom is -0.496 e. The van der Waals surface area contributed by atoms with Crippen LogP contribution in [0.2, 0.25) is 0 Å². The van der Waals surface area contributed by atoms with Crippen molar-refractivity contribution in [3.05, 3.63) is 65.4 Å². The van der Waals surface area contributed by atoms with Gasteiger partial charge in [0.1, 0.15) is 5.75 Å². The van der Waals surface area contributed by atoms with Gasteiger partial charge in [0.15, 0.2) is 5.54 Å². The number of H-pyrrole nitrogens is 1. The maximum absolute atomic E-state index is 13.8. The zero-order valence-electron chi connectivity index (χ0n) is 18.6. The molecule has 2 atom stereocenters. The van der Waals surface area contributed by atoms with Crippen LogP contribution in [0, 0.1) is 0 Å². The number of nitrogens with one attached hydrogen (secondary N) is 1. The van der Waals surface area contributed by atoms with E-state index in [0.29, 0.717) is 19.7 Å². The van der Waals surface area contributed by atoms with Crippen molar-refractivity contribution in [2.24, 2.45) is 0 Å². The summed E-state index contributed by atoms with van der Waals surface area (Å²) < 4.78 is 10.8. The highest BCUT2D eigenvalue weighted by molar-refractivity contribution is 6.01. The number of nitrogens with zero attached hydrogens (tertiary/aromatic N) is 2. The van der Waals surface area contributed by atoms with Gasteiger partial charge < -0.3 is 24.3 Å². The van der Waals surface area contributed by atoms with Crippen LogP contribution in [0.25, 0.3) is 10.9 Å². The lowest BCUT2D eigenvalue weighted by atomic mass is 9.76. The Balaban J connectivity index is 1.74. The minimum absolute atomic E-state index is 0.0615. The molecule has 5 rings (SSSR count). The summed E-state index contributed by atoms with van der Waals surface area (Å²) in [6.07, 6.45) is 0. The van der Waals surface area contributed by atoms with Gasteiger partial charge in [0, 0.05) is 42.6 Å². The molecular weight excluding hydrogens is 406 g/mol. The van der Waals surface area contributed by atoms with Crippen molar-refractivity contribution in [3.8, 4) is 5.75 Å². The highest BCUT2D eigenvalue weighted by Gasteiger charge is 2.56. The highest BCUT2D eigenvalue weighted by Crippen LogP contribution is 2.49. The Hall–Kier alpha value is -3.32. The number of rotatable bonds is 5. The molecule has 1 fully saturated rings. The van der Waals surface area contributed by atoms with Gasteiger partial charge in [-0.3, -0.25) is 9.59 Å². The Morgan fingerprint density at radius 1 is 1.09 bits per heavy atom. The van der Waals surface area contributed by atoms with Crippen molar-refractivity contribution in [3.63, 3.8) is 0 Å². The highest BCUT2D eigenvalue weighted by atomic mass is 16.5. The van der Waals surface area contributed by atoms with E-state index in [1.807, 2.05) is 49.4 Å². The molecule has 2 unspecified atom stereocenters. The normalized spacial score (nSPS) is 22.8. The molecule has 0 aliphatic carbocycles. The number of fused-ring (bicyclic) bond motifs is 5. The molecule has 3 aromatic rings. The molecular formula is C25H27N3O4. The van der Waals surface area contributed by atoms with Crippen LogP contribution in [0.1, 0.15) is 29.7 Å². The number of aromatic nitrogens is 1. The van der Waals surface area contributed by atoms with Crippen LogP contribution in [0.3, 0.4) is 0 Å². The molecule has 1 saturated heterocycles. The number of carbonyl (C=O) groups excluding carboxylic acids is 2. The molecule has 32 heavy (non-hydrogen) atoms. The number of hydrogen-bond donors (Lipinski definition) is 1. The number of methoxy groups -OCH3 is 2. The fourth-order valence-electron chi connectivity index (χ4n) is 5.29. The number of amides is 2. The lowest BCUT2D eigenvalue weighted by Gasteiger charge is -2.51. The van der Waals surface area contributed by atoms with E-state index < -0.39 is 5.54 Å². The molecule has 0 bridgehead atoms. The van der Waals surface area contributed by atoms with E-state index in [1.165, 1.54) is 0 Å². The molecule has 1 N–H and O–H groups in total. The molecule has 3 heterocycles. The third-order valence-electron chi connectivity index (χ3n) is 6.90. The number of piperazine rings is 1. The topological polar surface area (TPSA) is 74.9 Å². The van der Waals surface area contributed by atoms with Crippen molar-refractivity contribution in [1.29, 1.82) is 0 Å². The molecule has 2 aliphatic heterocycles. The van der Waals surface area contributed by atoms with E-state index in [1.54, 1.807) is 24.0 Å². The predicted octanol–water partition coefficient (Wildman–Crippen LogP) is 2.85. The molecule has 0 spiro atoms. The van der Waals surface area contributed by atoms with E-state index >= 15 is 0 Å². The maximum atomic E-state index is 13.8. The summed E-state index contributed by atoms with van der Waals surface area (Å²) >= 11 is 0. The Kier molecular flexibility index (Phi) is 4.93. The molecule has 2 aromatic carbocycles. The van der Waals surface area contributed by atoms with E-state index in [2.05, 4.69) is 11.1 Å². The van der Waals surface area contributed by atoms with Gasteiger partial charge in [0.2, 0.25) is 5.91 Å². The molecule has 0 saturated carbocycles. The fraction of sp³-hybridized carbons (Fsp3) is 0.360. The zero-order chi connectivity index (χ0) is 22.5. The van der Waals surface area contributed by atoms with Gasteiger partial charge in [-0.05, 0) is 24.6 Å². The minimum atomic E-state index is -1.10. The third-order valence-corrected chi connectivity index (χ3v) is 6.90. The van der Waals surface area contributed by atoms with Crippen molar-refractivity contribution >= 4 is 22.7 Å². The smallest absolute Gasteiger partial charge is 0.255 e. The fourth-order valence-corrected chi connectivity index (χ4v) is 5.29. The number of para-hydroxylation sites is 2. The van der Waals surface area contributed by atoms with Crippen LogP contribution in [0.5, 0.6) is 5.75 Å². The van der Waals surface area contributed by atoms with Crippen LogP contribution in [0.15, 0.2) is 48.5 Å². The summed E-state index contributed by atoms with van der Waals surface area (Å²) in [5.74, 6) is 0.510. The largest absolute Gasteiger partial charge is 0.496 e. The molecule has 7 nitrogen and oxygen atoms in total. The van der Waals surface area contributed by atoms with Crippen LogP contribution < -0.4 is 4.74 Å². The van der Waals surface area contributed by atoms with Crippen molar-refractivity contribution < 1.29 is 19.1 Å². The molecule has 2 amide bonds. The summed E-state index contributed by atoms with van der Waals surface area (Å²) in [7, 11) is 3.25. The van der Waals surface area contributed by atoms with Crippen molar-refractivity contribution in [1.82, 2.24) is 14.8 Å². The van der Waals surface area contributed by atoms with Gasteiger partial charge >= 0.3 is 0 Å². The van der Waals surface area contributed by atoms with Gasteiger partial charge in [0.25, 0.3) is 5.91 Å². The molecule has 1 aromatic heterocycles. The van der Waals surface area contributed by atoms with Crippen LogP contribution in [-0.4, -0.2) is 67.1 Å². The first-order chi connectivity index (χ1) is 15.5. The van der Waals surface area contributed by atoms with E-state index in [9.17, 15) is 9.59 Å². The van der Waals surface area contributed by atoms with Gasteiger partial charge in [0.05, 0.1) is 26.0 Å². The molecule has 2 aliphatic rings. The summed E-state index contributed by atoms with van der Waals surface area (Å²) in [5, 5.41) is 1.06. The first-order valence-corrected chi connectivity index (χ1v) is 10.8. The second-order valence-electron chi connectivity index (χ2n) is 8.55. The zero-order valence-corrected chi connectivity index (χ0v) is 18.6. The lowest BCUT2D eigenvalue weighted by molar-refractivity contribution is -0.166. The average molecular weight is 434 g/mol. The summed E-state index contributed by atoms with van der Waals surface area (Å²) in [6.45, 7) is 3.10. The number of hydrogen-bond acceptors (Lipinski definition) is 4. The number of aromatic amines is 1. The monoisotopic (exact) mass is 433 g/mol. The van der Waals surface area contributed by atoms with Gasteiger partial charge in [-0.25, -0.2) is 0 Å². The summed E-state index contributed by atoms with van der Waals surface area (Å²) in [5.41, 5.74) is 2.69. The quantitative estimate of drug-likeness (QED) is 0.672. The van der Waals surface area contributed by atoms with Gasteiger partial charge in [-0.1, -0.05) is 36.4 Å². The second-order valence-corrected chi connectivity index (χ2v) is 8.55. The first-order valence-electron chi connectivity index (χ1n) is 10.8. The number of benzene rings is 2. The number of carbonyl (C=O) groups is 2. The third kappa shape index (κ3) is 2.84. The molecule has 0 radical (unpaired) electrons. The van der Waals surface area contributed by atoms with Gasteiger partial charge in [-0.2, -0.15) is 0 Å². The second kappa shape index (κ2) is 7.67. The van der Waals surface area contributed by atoms with E-state index in [4.69, 9.17) is 9.47 Å². The lowest BCUT2D eigenvalue weighted by Crippen LogP contribution is -2.67. The van der Waals surface area contributed by atoms with Crippen LogP contribution in [0.4, 0.5) is 0 Å². The first kappa shape index (κ1) is 20.6. The summed E-state index contributed by atoms with van der Waals surface area (Å²) in [4.78, 5) is 34.0. The van der Waals surface area contributed by atoms with Crippen molar-refractivity contribution in [2.45, 2.75) is 18.4 Å². The summed E-state index contributed by atoms with van der Waals surface area (Å²) in [6, 6.07) is 16.0. The molecule has 7 heteroatoms. The van der Waals surface area contributed by atoms with Crippen molar-refractivity contribution in [2.75, 3.05) is 40.5 Å². The Morgan fingerprint density at radius 3 is 2.62 bits per heavy atom. The van der Waals surface area contributed by atoms with Crippen LogP contribution in [-0.2, 0) is 19.9 Å². The maximum Gasteiger partial charge on any atom is 0.255 e. The standard InChI is InChI=1S/C25H27N3O4/c1-25-23-22(17-9-4-6-10-19(17)26-23)18(16-8-5-7-11-20(16)32-3)14-28(25)21(29)15-27(24(25)30)12-13-31-2/h4-11,18,26H,12-15H2,1-3H3. The number of ether oxygens (including phenoxy) is 2. The van der Waals surface area contributed by atoms with Crippen LogP contribution >= 0.6 is 0 Å². The van der Waals surface area contributed by atoms with E-state index in [0.717, 1.165) is 33.5 Å². The predicted molar refractivity (Wildman–Crippen MR) is 121 cm³/mol. The molecule has 166 valence electrons. The Morgan fingerprint density at radius 2 is 1.84 bits per heavy atom.